The topological polar surface area (TPSA) is 23.5 Å². The van der Waals surface area contributed by atoms with Gasteiger partial charge in [-0.15, -0.1) is 11.3 Å². The summed E-state index contributed by atoms with van der Waals surface area (Å²) in [6, 6.07) is 14.2. The van der Waals surface area contributed by atoms with Crippen LogP contribution in [0.1, 0.15) is 36.6 Å². The van der Waals surface area contributed by atoms with Crippen LogP contribution < -0.4 is 0 Å². The number of hydrogen-bond donors (Lipinski definition) is 1. The largest absolute Gasteiger partial charge is 0.379 e. The molecule has 2 heterocycles. The molecule has 1 aromatic heterocycles. The van der Waals surface area contributed by atoms with Crippen molar-refractivity contribution in [2.24, 2.45) is 5.92 Å². The summed E-state index contributed by atoms with van der Waals surface area (Å²) in [5, 5.41) is 13.7. The number of thiophene rings is 1. The van der Waals surface area contributed by atoms with Gasteiger partial charge in [-0.05, 0) is 42.9 Å². The molecule has 0 aliphatic carbocycles. The predicted octanol–water partition coefficient (Wildman–Crippen LogP) is 4.11. The molecule has 3 rings (SSSR count). The van der Waals surface area contributed by atoms with Crippen molar-refractivity contribution in [2.45, 2.75) is 31.8 Å². The standard InChI is InChI=1S/C19H25NOS/c1-16(15-20-12-6-3-7-13-20)19(21,18-11-8-14-22-18)17-9-4-2-5-10-17/h2,4-5,8-11,14,16,21H,3,6-7,12-13,15H2,1H3. The van der Waals surface area contributed by atoms with E-state index >= 15 is 0 Å². The SMILES string of the molecule is CC(CN1CCCCC1)C(O)(c1ccccc1)c1cccs1. The zero-order chi connectivity index (χ0) is 15.4. The summed E-state index contributed by atoms with van der Waals surface area (Å²) in [5.41, 5.74) is 0.106. The van der Waals surface area contributed by atoms with Crippen molar-refractivity contribution < 1.29 is 5.11 Å². The molecule has 118 valence electrons. The molecule has 2 atom stereocenters. The first-order chi connectivity index (χ1) is 10.7. The van der Waals surface area contributed by atoms with Crippen LogP contribution in [0.2, 0.25) is 0 Å². The molecule has 22 heavy (non-hydrogen) atoms. The van der Waals surface area contributed by atoms with Gasteiger partial charge in [0, 0.05) is 17.3 Å². The summed E-state index contributed by atoms with van der Waals surface area (Å²) in [5.74, 6) is 0.159. The molecule has 2 aromatic rings. The third-order valence-corrected chi connectivity index (χ3v) is 5.80. The summed E-state index contributed by atoms with van der Waals surface area (Å²) in [6.07, 6.45) is 3.92. The molecule has 0 saturated carbocycles. The lowest BCUT2D eigenvalue weighted by Crippen LogP contribution is -2.43. The second-order valence-corrected chi connectivity index (χ2v) is 7.32. The zero-order valence-corrected chi connectivity index (χ0v) is 14.1. The summed E-state index contributed by atoms with van der Waals surface area (Å²) >= 11 is 1.65. The van der Waals surface area contributed by atoms with Crippen molar-refractivity contribution in [1.29, 1.82) is 0 Å². The molecule has 1 N–H and O–H groups in total. The number of likely N-dealkylation sites (tertiary alicyclic amines) is 1. The molecule has 0 radical (unpaired) electrons. The Morgan fingerprint density at radius 1 is 1.09 bits per heavy atom. The Morgan fingerprint density at radius 3 is 2.45 bits per heavy atom. The number of rotatable bonds is 5. The van der Waals surface area contributed by atoms with Crippen LogP contribution in [0.15, 0.2) is 47.8 Å². The van der Waals surface area contributed by atoms with Gasteiger partial charge in [0.1, 0.15) is 5.60 Å². The van der Waals surface area contributed by atoms with E-state index in [1.54, 1.807) is 11.3 Å². The summed E-state index contributed by atoms with van der Waals surface area (Å²) in [6.45, 7) is 5.46. The average molecular weight is 315 g/mol. The van der Waals surface area contributed by atoms with Crippen molar-refractivity contribution in [2.75, 3.05) is 19.6 Å². The van der Waals surface area contributed by atoms with Crippen molar-refractivity contribution >= 4 is 11.3 Å². The van der Waals surface area contributed by atoms with E-state index in [0.29, 0.717) is 0 Å². The van der Waals surface area contributed by atoms with Crippen LogP contribution in [-0.4, -0.2) is 29.6 Å². The van der Waals surface area contributed by atoms with Crippen LogP contribution in [-0.2, 0) is 5.60 Å². The fourth-order valence-electron chi connectivity index (χ4n) is 3.52. The van der Waals surface area contributed by atoms with Crippen LogP contribution in [0.5, 0.6) is 0 Å². The van der Waals surface area contributed by atoms with Gasteiger partial charge in [0.25, 0.3) is 0 Å². The van der Waals surface area contributed by atoms with Crippen LogP contribution in [0.25, 0.3) is 0 Å². The minimum absolute atomic E-state index is 0.159. The first kappa shape index (κ1) is 15.7. The molecule has 1 aliphatic heterocycles. The molecule has 1 aliphatic rings. The summed E-state index contributed by atoms with van der Waals surface area (Å²) in [4.78, 5) is 3.55. The normalized spacial score (nSPS) is 20.5. The molecule has 3 heteroatoms. The van der Waals surface area contributed by atoms with Crippen molar-refractivity contribution in [3.05, 3.63) is 58.3 Å². The number of hydrogen-bond acceptors (Lipinski definition) is 3. The molecule has 0 amide bonds. The van der Waals surface area contributed by atoms with Crippen LogP contribution in [0, 0.1) is 5.92 Å². The molecule has 0 bridgehead atoms. The van der Waals surface area contributed by atoms with E-state index in [0.717, 1.165) is 17.0 Å². The fraction of sp³-hybridized carbons (Fsp3) is 0.474. The van der Waals surface area contributed by atoms with Crippen molar-refractivity contribution in [1.82, 2.24) is 4.90 Å². The van der Waals surface area contributed by atoms with Gasteiger partial charge in [-0.25, -0.2) is 0 Å². The Labute approximate surface area is 137 Å². The Morgan fingerprint density at radius 2 is 1.82 bits per heavy atom. The summed E-state index contributed by atoms with van der Waals surface area (Å²) < 4.78 is 0. The minimum atomic E-state index is -0.896. The second kappa shape index (κ2) is 6.95. The highest BCUT2D eigenvalue weighted by atomic mass is 32.1. The zero-order valence-electron chi connectivity index (χ0n) is 13.2. The molecular formula is C19H25NOS. The Bertz CT molecular complexity index is 562. The van der Waals surface area contributed by atoms with E-state index < -0.39 is 5.60 Å². The van der Waals surface area contributed by atoms with Gasteiger partial charge in [-0.3, -0.25) is 0 Å². The molecule has 2 nitrogen and oxygen atoms in total. The maximum atomic E-state index is 11.6. The second-order valence-electron chi connectivity index (χ2n) is 6.37. The van der Waals surface area contributed by atoms with Crippen LogP contribution >= 0.6 is 11.3 Å². The minimum Gasteiger partial charge on any atom is -0.379 e. The third-order valence-electron chi connectivity index (χ3n) is 4.80. The van der Waals surface area contributed by atoms with Gasteiger partial charge in [0.05, 0.1) is 0 Å². The highest BCUT2D eigenvalue weighted by Crippen LogP contribution is 2.39. The van der Waals surface area contributed by atoms with E-state index in [9.17, 15) is 5.11 Å². The smallest absolute Gasteiger partial charge is 0.127 e. The van der Waals surface area contributed by atoms with Gasteiger partial charge in [0.15, 0.2) is 0 Å². The lowest BCUT2D eigenvalue weighted by Gasteiger charge is -2.38. The van der Waals surface area contributed by atoms with Crippen molar-refractivity contribution in [3.8, 4) is 0 Å². The molecule has 0 spiro atoms. The van der Waals surface area contributed by atoms with Crippen LogP contribution in [0.4, 0.5) is 0 Å². The van der Waals surface area contributed by atoms with Gasteiger partial charge in [-0.2, -0.15) is 0 Å². The van der Waals surface area contributed by atoms with Crippen LogP contribution in [0.3, 0.4) is 0 Å². The Kier molecular flexibility index (Phi) is 4.97. The van der Waals surface area contributed by atoms with E-state index in [1.165, 1.54) is 32.4 Å². The predicted molar refractivity (Wildman–Crippen MR) is 93.2 cm³/mol. The first-order valence-electron chi connectivity index (χ1n) is 8.25. The highest BCUT2D eigenvalue weighted by Gasteiger charge is 2.39. The van der Waals surface area contributed by atoms with Gasteiger partial charge >= 0.3 is 0 Å². The monoisotopic (exact) mass is 315 g/mol. The molecule has 1 saturated heterocycles. The maximum Gasteiger partial charge on any atom is 0.127 e. The number of nitrogens with zero attached hydrogens (tertiary/aromatic N) is 1. The lowest BCUT2D eigenvalue weighted by molar-refractivity contribution is 0.00795. The molecule has 1 aromatic carbocycles. The maximum absolute atomic E-state index is 11.6. The fourth-order valence-corrected chi connectivity index (χ4v) is 4.48. The van der Waals surface area contributed by atoms with E-state index in [-0.39, 0.29) is 5.92 Å². The lowest BCUT2D eigenvalue weighted by atomic mass is 9.80. The van der Waals surface area contributed by atoms with Gasteiger partial charge in [0.2, 0.25) is 0 Å². The summed E-state index contributed by atoms with van der Waals surface area (Å²) in [7, 11) is 0. The molecule has 2 unspecified atom stereocenters. The van der Waals surface area contributed by atoms with Crippen molar-refractivity contribution in [3.63, 3.8) is 0 Å². The van der Waals surface area contributed by atoms with E-state index in [4.69, 9.17) is 0 Å². The van der Waals surface area contributed by atoms with Gasteiger partial charge < -0.3 is 10.0 Å². The Hall–Kier alpha value is -1.16. The Balaban J connectivity index is 1.88. The van der Waals surface area contributed by atoms with E-state index in [2.05, 4.69) is 23.3 Å². The molecule has 1 fully saturated rings. The highest BCUT2D eigenvalue weighted by molar-refractivity contribution is 7.10. The first-order valence-corrected chi connectivity index (χ1v) is 9.13. The number of aliphatic hydroxyl groups is 1. The quantitative estimate of drug-likeness (QED) is 0.897. The third kappa shape index (κ3) is 3.12. The van der Waals surface area contributed by atoms with Gasteiger partial charge in [-0.1, -0.05) is 49.7 Å². The van der Waals surface area contributed by atoms with E-state index in [1.807, 2.05) is 36.4 Å². The molecular weight excluding hydrogens is 290 g/mol. The average Bonchev–Trinajstić information content (AvgIpc) is 3.11. The number of benzene rings is 1. The number of piperidine rings is 1.